The van der Waals surface area contributed by atoms with E-state index in [2.05, 4.69) is 15.3 Å². The second-order valence-electron chi connectivity index (χ2n) is 7.19. The molecule has 0 saturated carbocycles. The Kier molecular flexibility index (Phi) is 6.23. The van der Waals surface area contributed by atoms with Crippen LogP contribution in [0.15, 0.2) is 36.4 Å². The molecular formula is C21H27N5O2. The molecule has 2 amide bonds. The number of carbonyl (C=O) groups is 2. The predicted molar refractivity (Wildman–Crippen MR) is 108 cm³/mol. The molecular weight excluding hydrogens is 354 g/mol. The second-order valence-corrected chi connectivity index (χ2v) is 7.19. The van der Waals surface area contributed by atoms with Gasteiger partial charge < -0.3 is 15.1 Å². The summed E-state index contributed by atoms with van der Waals surface area (Å²) in [6.45, 7) is 7.61. The topological polar surface area (TPSA) is 78.4 Å². The molecule has 1 aromatic carbocycles. The zero-order valence-electron chi connectivity index (χ0n) is 16.7. The summed E-state index contributed by atoms with van der Waals surface area (Å²) >= 11 is 0. The van der Waals surface area contributed by atoms with Gasteiger partial charge in [0, 0.05) is 50.9 Å². The quantitative estimate of drug-likeness (QED) is 0.855. The molecule has 1 aliphatic rings. The maximum atomic E-state index is 13.3. The number of benzene rings is 1. The molecule has 1 aromatic heterocycles. The van der Waals surface area contributed by atoms with Crippen LogP contribution in [0.25, 0.3) is 0 Å². The summed E-state index contributed by atoms with van der Waals surface area (Å²) in [7, 11) is 0. The van der Waals surface area contributed by atoms with Gasteiger partial charge in [-0.3, -0.25) is 9.59 Å². The molecule has 0 aliphatic carbocycles. The molecule has 1 N–H and O–H groups in total. The van der Waals surface area contributed by atoms with Crippen LogP contribution in [-0.4, -0.2) is 63.8 Å². The van der Waals surface area contributed by atoms with Crippen molar-refractivity contribution in [1.29, 1.82) is 0 Å². The molecule has 7 heteroatoms. The first kappa shape index (κ1) is 19.8. The number of piperazine rings is 1. The zero-order valence-corrected chi connectivity index (χ0v) is 16.7. The van der Waals surface area contributed by atoms with E-state index >= 15 is 0 Å². The fourth-order valence-electron chi connectivity index (χ4n) is 3.46. The maximum absolute atomic E-state index is 13.3. The Hall–Kier alpha value is -2.96. The molecule has 1 aliphatic heterocycles. The maximum Gasteiger partial charge on any atom is 0.245 e. The van der Waals surface area contributed by atoms with Crippen molar-refractivity contribution in [2.45, 2.75) is 33.2 Å². The zero-order chi connectivity index (χ0) is 20.1. The van der Waals surface area contributed by atoms with Crippen LogP contribution >= 0.6 is 0 Å². The van der Waals surface area contributed by atoms with Crippen LogP contribution in [-0.2, 0) is 16.0 Å². The number of anilines is 1. The van der Waals surface area contributed by atoms with Crippen molar-refractivity contribution in [3.8, 4) is 0 Å². The van der Waals surface area contributed by atoms with Gasteiger partial charge in [-0.1, -0.05) is 30.3 Å². The SMILES string of the molecule is CC(=O)N1CCN(C(=O)C(Cc2ccccc2)Nc2nc(C)cc(C)n2)CC1. The van der Waals surface area contributed by atoms with Crippen LogP contribution in [0.3, 0.4) is 0 Å². The van der Waals surface area contributed by atoms with Gasteiger partial charge in [-0.15, -0.1) is 0 Å². The van der Waals surface area contributed by atoms with Gasteiger partial charge in [0.15, 0.2) is 0 Å². The smallest absolute Gasteiger partial charge is 0.245 e. The van der Waals surface area contributed by atoms with Crippen molar-refractivity contribution >= 4 is 17.8 Å². The van der Waals surface area contributed by atoms with Gasteiger partial charge in [0.1, 0.15) is 6.04 Å². The molecule has 1 atom stereocenters. The third-order valence-corrected chi connectivity index (χ3v) is 4.90. The van der Waals surface area contributed by atoms with Crippen LogP contribution in [0.1, 0.15) is 23.9 Å². The number of carbonyl (C=O) groups excluding carboxylic acids is 2. The van der Waals surface area contributed by atoms with Crippen molar-refractivity contribution in [1.82, 2.24) is 19.8 Å². The van der Waals surface area contributed by atoms with E-state index in [9.17, 15) is 9.59 Å². The fraction of sp³-hybridized carbons (Fsp3) is 0.429. The number of nitrogens with zero attached hydrogens (tertiary/aromatic N) is 4. The highest BCUT2D eigenvalue weighted by atomic mass is 16.2. The van der Waals surface area contributed by atoms with Gasteiger partial charge in [-0.2, -0.15) is 0 Å². The standard InChI is InChI=1S/C21H27N5O2/c1-15-13-16(2)23-21(22-15)24-19(14-18-7-5-4-6-8-18)20(28)26-11-9-25(10-12-26)17(3)27/h4-8,13,19H,9-12,14H2,1-3H3,(H,22,23,24). The summed E-state index contributed by atoms with van der Waals surface area (Å²) in [4.78, 5) is 37.3. The first-order valence-corrected chi connectivity index (χ1v) is 9.59. The molecule has 0 spiro atoms. The molecule has 3 rings (SSSR count). The van der Waals surface area contributed by atoms with E-state index in [0.717, 1.165) is 17.0 Å². The van der Waals surface area contributed by atoms with Crippen molar-refractivity contribution < 1.29 is 9.59 Å². The molecule has 1 saturated heterocycles. The molecule has 28 heavy (non-hydrogen) atoms. The fourth-order valence-corrected chi connectivity index (χ4v) is 3.46. The summed E-state index contributed by atoms with van der Waals surface area (Å²) in [6, 6.07) is 11.4. The number of hydrogen-bond acceptors (Lipinski definition) is 5. The molecule has 2 heterocycles. The highest BCUT2D eigenvalue weighted by molar-refractivity contribution is 5.85. The van der Waals surface area contributed by atoms with Crippen molar-refractivity contribution in [3.05, 3.63) is 53.3 Å². The minimum absolute atomic E-state index is 0.00909. The first-order valence-electron chi connectivity index (χ1n) is 9.59. The number of hydrogen-bond donors (Lipinski definition) is 1. The average Bonchev–Trinajstić information content (AvgIpc) is 2.67. The molecule has 1 fully saturated rings. The Bertz CT molecular complexity index is 812. The van der Waals surface area contributed by atoms with E-state index in [1.165, 1.54) is 0 Å². The van der Waals surface area contributed by atoms with Gasteiger partial charge in [-0.05, 0) is 25.5 Å². The lowest BCUT2D eigenvalue weighted by atomic mass is 10.0. The summed E-state index contributed by atoms with van der Waals surface area (Å²) < 4.78 is 0. The lowest BCUT2D eigenvalue weighted by molar-refractivity contribution is -0.138. The Labute approximate surface area is 165 Å². The van der Waals surface area contributed by atoms with Crippen molar-refractivity contribution in [2.75, 3.05) is 31.5 Å². The largest absolute Gasteiger partial charge is 0.342 e. The Morgan fingerprint density at radius 3 is 2.14 bits per heavy atom. The lowest BCUT2D eigenvalue weighted by Gasteiger charge is -2.36. The number of aryl methyl sites for hydroxylation is 2. The highest BCUT2D eigenvalue weighted by Crippen LogP contribution is 2.13. The lowest BCUT2D eigenvalue weighted by Crippen LogP contribution is -2.54. The van der Waals surface area contributed by atoms with Gasteiger partial charge in [0.2, 0.25) is 17.8 Å². The average molecular weight is 381 g/mol. The normalized spacial score (nSPS) is 15.2. The molecule has 0 radical (unpaired) electrons. The number of rotatable bonds is 5. The molecule has 0 bridgehead atoms. The predicted octanol–water partition coefficient (Wildman–Crippen LogP) is 1.81. The monoisotopic (exact) mass is 381 g/mol. The van der Waals surface area contributed by atoms with Gasteiger partial charge in [0.25, 0.3) is 0 Å². The summed E-state index contributed by atoms with van der Waals surface area (Å²) in [5.41, 5.74) is 2.78. The highest BCUT2D eigenvalue weighted by Gasteiger charge is 2.29. The first-order chi connectivity index (χ1) is 13.4. The van der Waals surface area contributed by atoms with Gasteiger partial charge >= 0.3 is 0 Å². The Morgan fingerprint density at radius 2 is 1.57 bits per heavy atom. The van der Waals surface area contributed by atoms with E-state index in [-0.39, 0.29) is 11.8 Å². The summed E-state index contributed by atoms with van der Waals surface area (Å²) in [6.07, 6.45) is 0.545. The van der Waals surface area contributed by atoms with Crippen LogP contribution in [0.2, 0.25) is 0 Å². The van der Waals surface area contributed by atoms with Gasteiger partial charge in [0.05, 0.1) is 0 Å². The molecule has 148 valence electrons. The minimum Gasteiger partial charge on any atom is -0.342 e. The van der Waals surface area contributed by atoms with E-state index < -0.39 is 6.04 Å². The van der Waals surface area contributed by atoms with Crippen molar-refractivity contribution in [2.24, 2.45) is 0 Å². The van der Waals surface area contributed by atoms with E-state index in [1.807, 2.05) is 55.1 Å². The minimum atomic E-state index is -0.465. The molecule has 7 nitrogen and oxygen atoms in total. The Morgan fingerprint density at radius 1 is 1.00 bits per heavy atom. The van der Waals surface area contributed by atoms with E-state index in [0.29, 0.717) is 38.5 Å². The Balaban J connectivity index is 1.77. The molecule has 1 unspecified atom stereocenters. The molecule has 2 aromatic rings. The van der Waals surface area contributed by atoms with Crippen molar-refractivity contribution in [3.63, 3.8) is 0 Å². The van der Waals surface area contributed by atoms with E-state index in [1.54, 1.807) is 11.8 Å². The summed E-state index contributed by atoms with van der Waals surface area (Å²) in [5.74, 6) is 0.527. The van der Waals surface area contributed by atoms with Crippen LogP contribution in [0.4, 0.5) is 5.95 Å². The third-order valence-electron chi connectivity index (χ3n) is 4.90. The van der Waals surface area contributed by atoms with Gasteiger partial charge in [-0.25, -0.2) is 9.97 Å². The van der Waals surface area contributed by atoms with Crippen LogP contribution in [0.5, 0.6) is 0 Å². The number of amides is 2. The number of nitrogens with one attached hydrogen (secondary N) is 1. The number of aromatic nitrogens is 2. The van der Waals surface area contributed by atoms with Crippen LogP contribution in [0, 0.1) is 13.8 Å². The summed E-state index contributed by atoms with van der Waals surface area (Å²) in [5, 5.41) is 3.25. The second kappa shape index (κ2) is 8.82. The van der Waals surface area contributed by atoms with E-state index in [4.69, 9.17) is 0 Å². The third kappa shape index (κ3) is 5.06. The van der Waals surface area contributed by atoms with Crippen LogP contribution < -0.4 is 5.32 Å².